The number of rotatable bonds is 25. The van der Waals surface area contributed by atoms with E-state index in [0.717, 1.165) is 53.1 Å². The van der Waals surface area contributed by atoms with Crippen molar-refractivity contribution in [1.29, 1.82) is 0 Å². The van der Waals surface area contributed by atoms with Crippen LogP contribution in [0.2, 0.25) is 0 Å². The third kappa shape index (κ3) is 14.8. The number of sulfonamides is 1. The van der Waals surface area contributed by atoms with Crippen molar-refractivity contribution in [2.45, 2.75) is 121 Å². The predicted octanol–water partition coefficient (Wildman–Crippen LogP) is 9.44. The highest BCUT2D eigenvalue weighted by Crippen LogP contribution is 2.40. The minimum atomic E-state index is -4.38. The highest BCUT2D eigenvalue weighted by atomic mass is 32.2. The number of carbonyl (C=O) groups is 3. The Hall–Kier alpha value is -8.58. The molecule has 10 rings (SSSR count). The van der Waals surface area contributed by atoms with Crippen molar-refractivity contribution in [2.24, 2.45) is 19.5 Å². The number of likely N-dealkylation sites (tertiary alicyclic amines) is 1. The van der Waals surface area contributed by atoms with Crippen LogP contribution in [0.3, 0.4) is 0 Å². The number of fused-ring (bicyclic) bond motifs is 1. The van der Waals surface area contributed by atoms with Crippen molar-refractivity contribution in [3.8, 4) is 50.4 Å². The summed E-state index contributed by atoms with van der Waals surface area (Å²) < 4.78 is 60.7. The number of nitrogens with zero attached hydrogens (tertiary/aromatic N) is 8. The number of nitrogens with one attached hydrogen (secondary N) is 3. The zero-order chi connectivity index (χ0) is 64.2. The van der Waals surface area contributed by atoms with Crippen molar-refractivity contribution < 1.29 is 46.9 Å². The van der Waals surface area contributed by atoms with Gasteiger partial charge in [0.15, 0.2) is 5.75 Å². The van der Waals surface area contributed by atoms with Crippen molar-refractivity contribution in [3.63, 3.8) is 0 Å². The van der Waals surface area contributed by atoms with E-state index in [1.165, 1.54) is 38.3 Å². The summed E-state index contributed by atoms with van der Waals surface area (Å²) in [7, 11) is 2.88. The lowest BCUT2D eigenvalue weighted by Gasteiger charge is -2.35. The van der Waals surface area contributed by atoms with Gasteiger partial charge in [-0.3, -0.25) is 32.9 Å². The topological polar surface area (TPSA) is 256 Å². The molecule has 0 spiro atoms. The van der Waals surface area contributed by atoms with Crippen LogP contribution in [0.25, 0.3) is 32.6 Å². The minimum absolute atomic E-state index is 0.00162. The Bertz CT molecular complexity index is 4070. The Morgan fingerprint density at radius 1 is 0.856 bits per heavy atom. The third-order valence-corrected chi connectivity index (χ3v) is 18.5. The number of benzene rings is 4. The Labute approximate surface area is 528 Å². The summed E-state index contributed by atoms with van der Waals surface area (Å²) in [5, 5.41) is 21.7. The maximum absolute atomic E-state index is 14.7. The highest BCUT2D eigenvalue weighted by molar-refractivity contribution is 7.92. The molecule has 1 saturated carbocycles. The Morgan fingerprint density at radius 3 is 2.26 bits per heavy atom. The van der Waals surface area contributed by atoms with Gasteiger partial charge in [0.1, 0.15) is 35.4 Å². The van der Waals surface area contributed by atoms with Gasteiger partial charge in [-0.1, -0.05) is 58.0 Å². The lowest BCUT2D eigenvalue weighted by molar-refractivity contribution is -0.144. The number of aryl methyl sites for hydroxylation is 3. The molecule has 3 amide bonds. The van der Waals surface area contributed by atoms with Gasteiger partial charge in [-0.25, -0.2) is 23.2 Å². The molecule has 1 saturated heterocycles. The molecule has 1 unspecified atom stereocenters. The van der Waals surface area contributed by atoms with Crippen LogP contribution in [-0.2, 0) is 33.7 Å². The number of β-amino-alcohol motifs (C(OH)–C–C–N with tert-alkyl or cyclic N) is 1. The molecule has 0 radical (unpaired) electrons. The third-order valence-electron chi connectivity index (χ3n) is 16.2. The molecule has 4 aromatic carbocycles. The summed E-state index contributed by atoms with van der Waals surface area (Å²) in [6.45, 7) is 13.5. The Kier molecular flexibility index (Phi) is 19.5. The largest absolute Gasteiger partial charge is 0.493 e. The fraction of sp³-hybridized carbons (Fsp3) is 0.409. The van der Waals surface area contributed by atoms with Crippen molar-refractivity contribution in [1.82, 2.24) is 49.3 Å². The van der Waals surface area contributed by atoms with E-state index in [0.29, 0.717) is 65.8 Å². The molecule has 90 heavy (non-hydrogen) atoms. The fourth-order valence-corrected chi connectivity index (χ4v) is 13.2. The van der Waals surface area contributed by atoms with Crippen LogP contribution in [0.5, 0.6) is 28.9 Å². The van der Waals surface area contributed by atoms with Gasteiger partial charge in [0.25, 0.3) is 15.9 Å². The summed E-state index contributed by atoms with van der Waals surface area (Å²) in [6, 6.07) is 23.3. The number of anilines is 1. The SMILES string of the molecule is CCCOc1cc(OCCCCN(C)C)cc(Oc2cc3c(cc2NS(=O)(=O)c2cccc(C(=O)N[C@H]4C[C@@H](Oc5cc(-c6cnn(C(C(=O)N7C[C@H](O)C[C@H]7C(=O)N[C@@H](C)c7ccc(-c8scnc8C)cc7)C(C)(C)C)c6)ccn5)C4)c2)n(C)c(=O)n3C)c1. The van der Waals surface area contributed by atoms with E-state index in [1.54, 1.807) is 85.1 Å². The second-order valence-electron chi connectivity index (χ2n) is 24.6. The van der Waals surface area contributed by atoms with Crippen molar-refractivity contribution in [3.05, 3.63) is 142 Å². The number of aromatic nitrogens is 6. The normalized spacial score (nSPS) is 17.4. The van der Waals surface area contributed by atoms with Crippen LogP contribution < -0.4 is 40.0 Å². The Morgan fingerprint density at radius 2 is 1.57 bits per heavy atom. The number of amides is 3. The number of unbranched alkanes of at least 4 members (excludes halogenated alkanes) is 1. The van der Waals surface area contributed by atoms with Gasteiger partial charge in [0.05, 0.1) is 69.3 Å². The van der Waals surface area contributed by atoms with Crippen LogP contribution in [-0.4, -0.2) is 135 Å². The molecule has 1 aliphatic carbocycles. The van der Waals surface area contributed by atoms with Gasteiger partial charge < -0.3 is 44.5 Å². The van der Waals surface area contributed by atoms with Crippen molar-refractivity contribution >= 4 is 55.8 Å². The van der Waals surface area contributed by atoms with E-state index in [4.69, 9.17) is 18.9 Å². The van der Waals surface area contributed by atoms with Gasteiger partial charge in [0.2, 0.25) is 17.7 Å². The zero-order valence-corrected chi connectivity index (χ0v) is 54.1. The first-order valence-corrected chi connectivity index (χ1v) is 32.6. The average Bonchev–Trinajstić information content (AvgIpc) is 1.59. The van der Waals surface area contributed by atoms with E-state index < -0.39 is 39.5 Å². The van der Waals surface area contributed by atoms with Gasteiger partial charge in [-0.2, -0.15) is 5.10 Å². The van der Waals surface area contributed by atoms with E-state index in [-0.39, 0.29) is 70.6 Å². The van der Waals surface area contributed by atoms with Crippen LogP contribution in [0.15, 0.2) is 125 Å². The molecular formula is C66H79N11O11S2. The molecule has 5 heterocycles. The lowest BCUT2D eigenvalue weighted by atomic mass is 9.85. The second kappa shape index (κ2) is 27.3. The van der Waals surface area contributed by atoms with Gasteiger partial charge in [0, 0.05) is 99.8 Å². The number of imidazole rings is 1. The molecule has 2 aliphatic rings. The summed E-state index contributed by atoms with van der Waals surface area (Å²) in [6.07, 6.45) is 7.45. The maximum atomic E-state index is 14.7. The van der Waals surface area contributed by atoms with E-state index in [1.807, 2.05) is 91.5 Å². The first-order valence-electron chi connectivity index (χ1n) is 30.3. The molecule has 8 aromatic rings. The van der Waals surface area contributed by atoms with Crippen molar-refractivity contribution in [2.75, 3.05) is 45.1 Å². The number of pyridine rings is 1. The first-order chi connectivity index (χ1) is 42.9. The standard InChI is InChI=1S/C66H79N11O11S2/c1-11-24-85-49-31-50(86-25-13-12-23-73(7)8)33-52(32-49)87-58-35-56-55(74(9)65(82)75(56)10)34-54(58)72-90(83,84)53-16-14-15-45(26-53)62(79)71-47-28-51(29-47)88-59-27-44(21-22-67-59)46-36-69-77(37-46)61(66(4,5)6)64(81)76-38-48(78)30-57(76)63(80)70-40(2)42-17-19-43(20-18-42)60-41(3)68-39-89-60/h14-22,26-27,31-37,39-40,47-48,51,57,61,72,78H,11-13,23-25,28-30,38H2,1-10H3,(H,70,80)(H,71,79)/t40-,47-,48+,51+,57-,61?/m0/s1. The summed E-state index contributed by atoms with van der Waals surface area (Å²) >= 11 is 1.57. The number of hydrogen-bond donors (Lipinski definition) is 4. The summed E-state index contributed by atoms with van der Waals surface area (Å²) in [5.41, 5.74) is 6.29. The number of thiazole rings is 1. The zero-order valence-electron chi connectivity index (χ0n) is 52.4. The van der Waals surface area contributed by atoms with Gasteiger partial charge >= 0.3 is 5.69 Å². The highest BCUT2D eigenvalue weighted by Gasteiger charge is 2.45. The monoisotopic (exact) mass is 1270 g/mol. The molecule has 24 heteroatoms. The molecular weight excluding hydrogens is 1190 g/mol. The predicted molar refractivity (Wildman–Crippen MR) is 345 cm³/mol. The molecule has 4 aromatic heterocycles. The van der Waals surface area contributed by atoms with Crippen LogP contribution in [0.4, 0.5) is 5.69 Å². The van der Waals surface area contributed by atoms with Gasteiger partial charge in [-0.15, -0.1) is 11.3 Å². The average molecular weight is 1270 g/mol. The number of ether oxygens (including phenoxy) is 4. The number of hydrogen-bond acceptors (Lipinski definition) is 16. The molecule has 1 aliphatic heterocycles. The summed E-state index contributed by atoms with van der Waals surface area (Å²) in [5.74, 6) is 0.632. The maximum Gasteiger partial charge on any atom is 0.328 e. The molecule has 4 atom stereocenters. The smallest absolute Gasteiger partial charge is 0.328 e. The van der Waals surface area contributed by atoms with Crippen LogP contribution in [0, 0.1) is 12.3 Å². The molecule has 0 bridgehead atoms. The molecule has 4 N–H and O–H groups in total. The van der Waals surface area contributed by atoms with Crippen LogP contribution >= 0.6 is 11.3 Å². The second-order valence-corrected chi connectivity index (χ2v) is 27.1. The number of carbonyl (C=O) groups excluding carboxylic acids is 3. The molecule has 476 valence electrons. The van der Waals surface area contributed by atoms with Crippen LogP contribution in [0.1, 0.15) is 107 Å². The van der Waals surface area contributed by atoms with E-state index in [9.17, 15) is 32.7 Å². The Balaban J connectivity index is 0.765. The van der Waals surface area contributed by atoms with Gasteiger partial charge in [-0.05, 0) is 106 Å². The number of aliphatic hydroxyl groups is 1. The molecule has 2 fully saturated rings. The first kappa shape index (κ1) is 64.4. The lowest BCUT2D eigenvalue weighted by Crippen LogP contribution is -2.50. The fourth-order valence-electron chi connectivity index (χ4n) is 11.3. The minimum Gasteiger partial charge on any atom is -0.493 e. The van der Waals surface area contributed by atoms with E-state index in [2.05, 4.69) is 35.3 Å². The molecule has 22 nitrogen and oxygen atoms in total. The quantitative estimate of drug-likeness (QED) is 0.0389. The van der Waals surface area contributed by atoms with E-state index >= 15 is 0 Å². The number of aliphatic hydroxyl groups excluding tert-OH is 1. The summed E-state index contributed by atoms with van der Waals surface area (Å²) in [4.78, 5) is 68.9.